The van der Waals surface area contributed by atoms with Crippen molar-refractivity contribution in [2.45, 2.75) is 64.6 Å². The molecule has 1 saturated carbocycles. The number of aliphatic imine (C=N–C) groups is 1. The largest absolute Gasteiger partial charge is 0.490 e. The number of aryl methyl sites for hydroxylation is 1. The van der Waals surface area contributed by atoms with Gasteiger partial charge in [0.2, 0.25) is 0 Å². The summed E-state index contributed by atoms with van der Waals surface area (Å²) in [6.07, 6.45) is 7.12. The molecule has 1 aliphatic heterocycles. The van der Waals surface area contributed by atoms with Crippen LogP contribution in [-0.2, 0) is 20.1 Å². The molecule has 0 unspecified atom stereocenters. The minimum Gasteiger partial charge on any atom is -0.490 e. The summed E-state index contributed by atoms with van der Waals surface area (Å²) in [6.45, 7) is 4.40. The van der Waals surface area contributed by atoms with Crippen LogP contribution in [0.25, 0.3) is 0 Å². The first-order valence-corrected chi connectivity index (χ1v) is 11.0. The van der Waals surface area contributed by atoms with Crippen LogP contribution in [0.3, 0.4) is 0 Å². The van der Waals surface area contributed by atoms with E-state index in [0.717, 1.165) is 41.1 Å². The van der Waals surface area contributed by atoms with Crippen LogP contribution >= 0.6 is 0 Å². The maximum Gasteiger partial charge on any atom is 0.192 e. The molecule has 0 spiro atoms. The first kappa shape index (κ1) is 20.5. The summed E-state index contributed by atoms with van der Waals surface area (Å²) in [5.41, 5.74) is 1.04. The minimum absolute atomic E-state index is 0.457. The standard InChI is InChI=1S/C22H32N6O2/c1-16-26-27-20(28(16)2)15-24-22(25-18-9-4-3-5-10-18)23-14-17-8-6-11-19-21(17)30-13-7-12-29-19/h6,8,11,18H,3-5,7,9-10,12-15H2,1-2H3,(H2,23,24,25). The molecular formula is C22H32N6O2. The van der Waals surface area contributed by atoms with E-state index in [1.807, 2.05) is 30.7 Å². The van der Waals surface area contributed by atoms with Crippen LogP contribution in [0.15, 0.2) is 23.2 Å². The maximum atomic E-state index is 5.95. The molecule has 0 radical (unpaired) electrons. The first-order valence-electron chi connectivity index (χ1n) is 11.0. The smallest absolute Gasteiger partial charge is 0.192 e. The molecule has 8 heteroatoms. The van der Waals surface area contributed by atoms with Crippen molar-refractivity contribution in [3.8, 4) is 11.5 Å². The SMILES string of the molecule is Cc1nnc(CNC(=NCc2cccc3c2OCCCO3)NC2CCCCC2)n1C. The average molecular weight is 413 g/mol. The number of benzene rings is 1. The zero-order chi connectivity index (χ0) is 20.8. The molecule has 2 aromatic rings. The van der Waals surface area contributed by atoms with E-state index in [1.54, 1.807) is 0 Å². The van der Waals surface area contributed by atoms with Crippen molar-refractivity contribution >= 4 is 5.96 Å². The molecule has 2 N–H and O–H groups in total. The quantitative estimate of drug-likeness (QED) is 0.580. The number of fused-ring (bicyclic) bond motifs is 1. The van der Waals surface area contributed by atoms with Crippen LogP contribution in [-0.4, -0.2) is 40.0 Å². The second kappa shape index (κ2) is 9.82. The number of para-hydroxylation sites is 1. The lowest BCUT2D eigenvalue weighted by molar-refractivity contribution is 0.296. The average Bonchev–Trinajstić information content (AvgIpc) is 2.96. The molecule has 8 nitrogen and oxygen atoms in total. The van der Waals surface area contributed by atoms with E-state index in [2.05, 4.69) is 26.9 Å². The predicted molar refractivity (Wildman–Crippen MR) is 116 cm³/mol. The Labute approximate surface area is 178 Å². The van der Waals surface area contributed by atoms with Gasteiger partial charge in [-0.25, -0.2) is 4.99 Å². The molecule has 0 saturated heterocycles. The van der Waals surface area contributed by atoms with Gasteiger partial charge in [-0.05, 0) is 25.8 Å². The van der Waals surface area contributed by atoms with Gasteiger partial charge in [0.25, 0.3) is 0 Å². The second-order valence-corrected chi connectivity index (χ2v) is 8.01. The van der Waals surface area contributed by atoms with Crippen molar-refractivity contribution in [1.29, 1.82) is 0 Å². The molecule has 1 aliphatic carbocycles. The lowest BCUT2D eigenvalue weighted by atomic mass is 9.96. The zero-order valence-corrected chi connectivity index (χ0v) is 18.0. The first-order chi connectivity index (χ1) is 14.7. The molecular weight excluding hydrogens is 380 g/mol. The highest BCUT2D eigenvalue weighted by Crippen LogP contribution is 2.33. The number of nitrogens with zero attached hydrogens (tertiary/aromatic N) is 4. The molecule has 0 atom stereocenters. The Balaban J connectivity index is 1.49. The summed E-state index contributed by atoms with van der Waals surface area (Å²) >= 11 is 0. The zero-order valence-electron chi connectivity index (χ0n) is 18.0. The number of guanidine groups is 1. The van der Waals surface area contributed by atoms with Crippen molar-refractivity contribution < 1.29 is 9.47 Å². The maximum absolute atomic E-state index is 5.95. The van der Waals surface area contributed by atoms with Gasteiger partial charge in [-0.1, -0.05) is 31.4 Å². The number of hydrogen-bond acceptors (Lipinski definition) is 5. The van der Waals surface area contributed by atoms with Crippen LogP contribution in [0.2, 0.25) is 0 Å². The molecule has 0 amide bonds. The Bertz CT molecular complexity index is 873. The Morgan fingerprint density at radius 1 is 1.13 bits per heavy atom. The summed E-state index contributed by atoms with van der Waals surface area (Å²) in [6, 6.07) is 6.48. The number of ether oxygens (including phenoxy) is 2. The fourth-order valence-corrected chi connectivity index (χ4v) is 3.90. The topological polar surface area (TPSA) is 85.6 Å². The van der Waals surface area contributed by atoms with Crippen molar-refractivity contribution in [3.05, 3.63) is 35.4 Å². The molecule has 1 aromatic heterocycles. The van der Waals surface area contributed by atoms with Crippen LogP contribution in [0.1, 0.15) is 55.7 Å². The summed E-state index contributed by atoms with van der Waals surface area (Å²) in [4.78, 5) is 4.88. The summed E-state index contributed by atoms with van der Waals surface area (Å²) in [5.74, 6) is 4.21. The van der Waals surface area contributed by atoms with Gasteiger partial charge in [-0.2, -0.15) is 0 Å². The Morgan fingerprint density at radius 3 is 2.77 bits per heavy atom. The highest BCUT2D eigenvalue weighted by Gasteiger charge is 2.17. The Morgan fingerprint density at radius 2 is 1.97 bits per heavy atom. The van der Waals surface area contributed by atoms with Gasteiger partial charge in [0.15, 0.2) is 23.3 Å². The van der Waals surface area contributed by atoms with Gasteiger partial charge in [0.05, 0.1) is 26.3 Å². The van der Waals surface area contributed by atoms with Crippen LogP contribution in [0, 0.1) is 6.92 Å². The molecule has 30 heavy (non-hydrogen) atoms. The number of hydrogen-bond donors (Lipinski definition) is 2. The third-order valence-corrected chi connectivity index (χ3v) is 5.80. The molecule has 4 rings (SSSR count). The van der Waals surface area contributed by atoms with Crippen LogP contribution < -0.4 is 20.1 Å². The molecule has 2 aliphatic rings. The Hall–Kier alpha value is -2.77. The molecule has 1 fully saturated rings. The summed E-state index contributed by atoms with van der Waals surface area (Å²) < 4.78 is 13.8. The summed E-state index contributed by atoms with van der Waals surface area (Å²) in [7, 11) is 1.98. The third-order valence-electron chi connectivity index (χ3n) is 5.80. The van der Waals surface area contributed by atoms with Gasteiger partial charge < -0.3 is 24.7 Å². The molecule has 162 valence electrons. The van der Waals surface area contributed by atoms with E-state index < -0.39 is 0 Å². The molecule has 0 bridgehead atoms. The monoisotopic (exact) mass is 412 g/mol. The normalized spacial score (nSPS) is 17.5. The van der Waals surface area contributed by atoms with E-state index in [9.17, 15) is 0 Å². The van der Waals surface area contributed by atoms with Crippen molar-refractivity contribution in [2.24, 2.45) is 12.0 Å². The van der Waals surface area contributed by atoms with Crippen molar-refractivity contribution in [3.63, 3.8) is 0 Å². The van der Waals surface area contributed by atoms with E-state index >= 15 is 0 Å². The van der Waals surface area contributed by atoms with Gasteiger partial charge in [0, 0.05) is 25.1 Å². The van der Waals surface area contributed by atoms with Gasteiger partial charge >= 0.3 is 0 Å². The van der Waals surface area contributed by atoms with Crippen LogP contribution in [0.5, 0.6) is 11.5 Å². The second-order valence-electron chi connectivity index (χ2n) is 8.01. The van der Waals surface area contributed by atoms with Crippen molar-refractivity contribution in [1.82, 2.24) is 25.4 Å². The van der Waals surface area contributed by atoms with E-state index in [0.29, 0.717) is 32.3 Å². The van der Waals surface area contributed by atoms with Gasteiger partial charge in [0.1, 0.15) is 5.82 Å². The number of nitrogens with one attached hydrogen (secondary N) is 2. The fourth-order valence-electron chi connectivity index (χ4n) is 3.90. The lowest BCUT2D eigenvalue weighted by Crippen LogP contribution is -2.44. The Kier molecular flexibility index (Phi) is 6.71. The van der Waals surface area contributed by atoms with Gasteiger partial charge in [-0.3, -0.25) is 0 Å². The lowest BCUT2D eigenvalue weighted by Gasteiger charge is -2.25. The van der Waals surface area contributed by atoms with Crippen molar-refractivity contribution in [2.75, 3.05) is 13.2 Å². The van der Waals surface area contributed by atoms with E-state index in [4.69, 9.17) is 14.5 Å². The fraction of sp³-hybridized carbons (Fsp3) is 0.591. The van der Waals surface area contributed by atoms with E-state index in [1.165, 1.54) is 32.1 Å². The summed E-state index contributed by atoms with van der Waals surface area (Å²) in [5, 5.41) is 15.5. The van der Waals surface area contributed by atoms with E-state index in [-0.39, 0.29) is 0 Å². The van der Waals surface area contributed by atoms with Crippen LogP contribution in [0.4, 0.5) is 0 Å². The highest BCUT2D eigenvalue weighted by atomic mass is 16.5. The highest BCUT2D eigenvalue weighted by molar-refractivity contribution is 5.80. The third kappa shape index (κ3) is 5.04. The number of aromatic nitrogens is 3. The molecule has 2 heterocycles. The molecule has 1 aromatic carbocycles. The minimum atomic E-state index is 0.457. The predicted octanol–water partition coefficient (Wildman–Crippen LogP) is 2.85. The number of rotatable bonds is 5. The van der Waals surface area contributed by atoms with Gasteiger partial charge in [-0.15, -0.1) is 10.2 Å².